The minimum Gasteiger partial charge on any atom is -0.467 e. The topological polar surface area (TPSA) is 55.4 Å². The highest BCUT2D eigenvalue weighted by Crippen LogP contribution is 2.14. The average Bonchev–Trinajstić information content (AvgIpc) is 2.37. The SMILES string of the molecule is COC(=O)C(C)NC(=O)c1ccc(C(C)C)cc1. The lowest BCUT2D eigenvalue weighted by Gasteiger charge is -2.12. The largest absolute Gasteiger partial charge is 0.467 e. The van der Waals surface area contributed by atoms with E-state index in [-0.39, 0.29) is 5.91 Å². The fourth-order valence-electron chi connectivity index (χ4n) is 1.54. The standard InChI is InChI=1S/C14H19NO3/c1-9(2)11-5-7-12(8-6-11)13(16)15-10(3)14(17)18-4/h5-10H,1-4H3,(H,15,16). The highest BCUT2D eigenvalue weighted by Gasteiger charge is 2.16. The van der Waals surface area contributed by atoms with Crippen LogP contribution in [0.5, 0.6) is 0 Å². The Morgan fingerprint density at radius 2 is 1.67 bits per heavy atom. The van der Waals surface area contributed by atoms with Crippen LogP contribution < -0.4 is 5.32 Å². The van der Waals surface area contributed by atoms with Crippen molar-refractivity contribution in [3.63, 3.8) is 0 Å². The van der Waals surface area contributed by atoms with Gasteiger partial charge >= 0.3 is 5.97 Å². The molecule has 0 heterocycles. The molecule has 0 bridgehead atoms. The van der Waals surface area contributed by atoms with Gasteiger partial charge in [0.05, 0.1) is 7.11 Å². The molecule has 0 saturated heterocycles. The molecule has 98 valence electrons. The quantitative estimate of drug-likeness (QED) is 0.831. The Kier molecular flexibility index (Phi) is 4.89. The molecule has 4 heteroatoms. The molecule has 0 radical (unpaired) electrons. The van der Waals surface area contributed by atoms with Crippen LogP contribution in [0.1, 0.15) is 42.6 Å². The van der Waals surface area contributed by atoms with Gasteiger partial charge in [-0.05, 0) is 30.5 Å². The maximum absolute atomic E-state index is 11.8. The molecule has 0 aliphatic carbocycles. The molecule has 1 unspecified atom stereocenters. The van der Waals surface area contributed by atoms with Crippen molar-refractivity contribution in [3.05, 3.63) is 35.4 Å². The third-order valence-electron chi connectivity index (χ3n) is 2.74. The third kappa shape index (κ3) is 3.58. The molecule has 18 heavy (non-hydrogen) atoms. The lowest BCUT2D eigenvalue weighted by Crippen LogP contribution is -2.39. The first kappa shape index (κ1) is 14.2. The van der Waals surface area contributed by atoms with Crippen molar-refractivity contribution < 1.29 is 14.3 Å². The van der Waals surface area contributed by atoms with E-state index in [1.54, 1.807) is 19.1 Å². The van der Waals surface area contributed by atoms with Gasteiger partial charge in [-0.15, -0.1) is 0 Å². The molecule has 0 spiro atoms. The summed E-state index contributed by atoms with van der Waals surface area (Å²) >= 11 is 0. The van der Waals surface area contributed by atoms with Gasteiger partial charge in [-0.25, -0.2) is 4.79 Å². The molecule has 0 aliphatic rings. The number of esters is 1. The highest BCUT2D eigenvalue weighted by molar-refractivity contribution is 5.96. The first-order chi connectivity index (χ1) is 8.45. The second kappa shape index (κ2) is 6.19. The number of rotatable bonds is 4. The van der Waals surface area contributed by atoms with Crippen LogP contribution in [0.4, 0.5) is 0 Å². The van der Waals surface area contributed by atoms with Crippen LogP contribution in [0.15, 0.2) is 24.3 Å². The second-order valence-corrected chi connectivity index (χ2v) is 4.50. The van der Waals surface area contributed by atoms with Gasteiger partial charge in [0.15, 0.2) is 0 Å². The van der Waals surface area contributed by atoms with E-state index < -0.39 is 12.0 Å². The molecule has 1 atom stereocenters. The zero-order chi connectivity index (χ0) is 13.7. The van der Waals surface area contributed by atoms with Crippen LogP contribution in [0.3, 0.4) is 0 Å². The zero-order valence-corrected chi connectivity index (χ0v) is 11.2. The van der Waals surface area contributed by atoms with Gasteiger partial charge in [0.1, 0.15) is 6.04 Å². The number of hydrogen-bond acceptors (Lipinski definition) is 3. The molecule has 0 fully saturated rings. The number of carbonyl (C=O) groups is 2. The monoisotopic (exact) mass is 249 g/mol. The third-order valence-corrected chi connectivity index (χ3v) is 2.74. The molecular weight excluding hydrogens is 230 g/mol. The lowest BCUT2D eigenvalue weighted by atomic mass is 10.0. The number of benzene rings is 1. The fourth-order valence-corrected chi connectivity index (χ4v) is 1.54. The van der Waals surface area contributed by atoms with Crippen molar-refractivity contribution in [2.75, 3.05) is 7.11 Å². The van der Waals surface area contributed by atoms with E-state index in [1.807, 2.05) is 12.1 Å². The predicted octanol–water partition coefficient (Wildman–Crippen LogP) is 2.10. The lowest BCUT2D eigenvalue weighted by molar-refractivity contribution is -0.142. The number of nitrogens with one attached hydrogen (secondary N) is 1. The number of hydrogen-bond donors (Lipinski definition) is 1. The van der Waals surface area contributed by atoms with Crippen LogP contribution in [-0.2, 0) is 9.53 Å². The van der Waals surface area contributed by atoms with Crippen molar-refractivity contribution in [3.8, 4) is 0 Å². The van der Waals surface area contributed by atoms with Gasteiger partial charge in [-0.1, -0.05) is 26.0 Å². The Bertz CT molecular complexity index is 423. The summed E-state index contributed by atoms with van der Waals surface area (Å²) in [7, 11) is 1.29. The predicted molar refractivity (Wildman–Crippen MR) is 69.5 cm³/mol. The molecule has 1 aromatic rings. The summed E-state index contributed by atoms with van der Waals surface area (Å²) in [6.07, 6.45) is 0. The van der Waals surface area contributed by atoms with E-state index in [4.69, 9.17) is 0 Å². The minimum atomic E-state index is -0.646. The van der Waals surface area contributed by atoms with E-state index in [0.717, 1.165) is 0 Å². The minimum absolute atomic E-state index is 0.275. The maximum atomic E-state index is 11.8. The first-order valence-corrected chi connectivity index (χ1v) is 5.94. The Labute approximate surface area is 107 Å². The molecule has 1 amide bonds. The van der Waals surface area contributed by atoms with Gasteiger partial charge in [-0.2, -0.15) is 0 Å². The summed E-state index contributed by atoms with van der Waals surface area (Å²) in [4.78, 5) is 23.0. The molecular formula is C14H19NO3. The number of amides is 1. The summed E-state index contributed by atoms with van der Waals surface area (Å²) in [6.45, 7) is 5.77. The smallest absolute Gasteiger partial charge is 0.328 e. The fraction of sp³-hybridized carbons (Fsp3) is 0.429. The van der Waals surface area contributed by atoms with E-state index in [9.17, 15) is 9.59 Å². The maximum Gasteiger partial charge on any atom is 0.328 e. The van der Waals surface area contributed by atoms with Gasteiger partial charge in [-0.3, -0.25) is 4.79 Å². The second-order valence-electron chi connectivity index (χ2n) is 4.50. The van der Waals surface area contributed by atoms with Crippen LogP contribution in [0, 0.1) is 0 Å². The summed E-state index contributed by atoms with van der Waals surface area (Å²) in [5.41, 5.74) is 1.71. The average molecular weight is 249 g/mol. The van der Waals surface area contributed by atoms with Crippen molar-refractivity contribution in [2.24, 2.45) is 0 Å². The molecule has 0 saturated carbocycles. The first-order valence-electron chi connectivity index (χ1n) is 5.94. The highest BCUT2D eigenvalue weighted by atomic mass is 16.5. The zero-order valence-electron chi connectivity index (χ0n) is 11.2. The molecule has 0 aliphatic heterocycles. The van der Waals surface area contributed by atoms with Crippen LogP contribution in [0.25, 0.3) is 0 Å². The Morgan fingerprint density at radius 3 is 2.11 bits per heavy atom. The summed E-state index contributed by atoms with van der Waals surface area (Å²) in [5.74, 6) is -0.304. The summed E-state index contributed by atoms with van der Waals surface area (Å²) < 4.78 is 4.55. The number of ether oxygens (including phenoxy) is 1. The van der Waals surface area contributed by atoms with Gasteiger partial charge < -0.3 is 10.1 Å². The Morgan fingerprint density at radius 1 is 1.11 bits per heavy atom. The van der Waals surface area contributed by atoms with Gasteiger partial charge in [0, 0.05) is 5.56 Å². The Balaban J connectivity index is 2.70. The van der Waals surface area contributed by atoms with Crippen molar-refractivity contribution in [1.82, 2.24) is 5.32 Å². The van der Waals surface area contributed by atoms with E-state index in [1.165, 1.54) is 12.7 Å². The van der Waals surface area contributed by atoms with E-state index in [2.05, 4.69) is 23.9 Å². The molecule has 4 nitrogen and oxygen atoms in total. The molecule has 1 aromatic carbocycles. The van der Waals surface area contributed by atoms with Crippen LogP contribution in [-0.4, -0.2) is 25.0 Å². The number of carbonyl (C=O) groups excluding carboxylic acids is 2. The van der Waals surface area contributed by atoms with Gasteiger partial charge in [0.25, 0.3) is 5.91 Å². The van der Waals surface area contributed by atoms with E-state index >= 15 is 0 Å². The van der Waals surface area contributed by atoms with Crippen molar-refractivity contribution >= 4 is 11.9 Å². The van der Waals surface area contributed by atoms with Gasteiger partial charge in [0.2, 0.25) is 0 Å². The Hall–Kier alpha value is -1.84. The van der Waals surface area contributed by atoms with Crippen LogP contribution in [0.2, 0.25) is 0 Å². The molecule has 1 N–H and O–H groups in total. The summed E-state index contributed by atoms with van der Waals surface area (Å²) in [5, 5.41) is 2.58. The summed E-state index contributed by atoms with van der Waals surface area (Å²) in [6, 6.07) is 6.71. The van der Waals surface area contributed by atoms with E-state index in [0.29, 0.717) is 11.5 Å². The van der Waals surface area contributed by atoms with Crippen molar-refractivity contribution in [2.45, 2.75) is 32.7 Å². The van der Waals surface area contributed by atoms with Crippen molar-refractivity contribution in [1.29, 1.82) is 0 Å². The van der Waals surface area contributed by atoms with Crippen LogP contribution >= 0.6 is 0 Å². The molecule has 1 rings (SSSR count). The molecule has 0 aromatic heterocycles. The normalized spacial score (nSPS) is 12.1. The number of methoxy groups -OCH3 is 1.